The number of nitrogens with one attached hydrogen (secondary N) is 1. The Hall–Kier alpha value is -2.33. The van der Waals surface area contributed by atoms with Crippen LogP contribution in [0, 0.1) is 17.5 Å². The number of hydrogen-bond donors (Lipinski definition) is 1. The molecule has 0 atom stereocenters. The van der Waals surface area contributed by atoms with Gasteiger partial charge in [0.2, 0.25) is 5.91 Å². The van der Waals surface area contributed by atoms with Crippen LogP contribution in [0.4, 0.5) is 18.9 Å². The summed E-state index contributed by atoms with van der Waals surface area (Å²) in [5.41, 5.74) is -0.411. The number of carbonyl (C=O) groups is 1. The molecular formula is C16H13F3N4OS2. The molecule has 1 aromatic carbocycles. The summed E-state index contributed by atoms with van der Waals surface area (Å²) in [6, 6.07) is 5.56. The van der Waals surface area contributed by atoms with Gasteiger partial charge in [-0.1, -0.05) is 17.8 Å². The van der Waals surface area contributed by atoms with Crippen molar-refractivity contribution in [2.75, 3.05) is 11.1 Å². The number of aromatic nitrogens is 3. The summed E-state index contributed by atoms with van der Waals surface area (Å²) >= 11 is 2.65. The number of thioether (sulfide) groups is 1. The summed E-state index contributed by atoms with van der Waals surface area (Å²) in [7, 11) is 0. The molecule has 2 aromatic heterocycles. The zero-order chi connectivity index (χ0) is 18.7. The largest absolute Gasteiger partial charge is 0.323 e. The summed E-state index contributed by atoms with van der Waals surface area (Å²) in [6.07, 6.45) is 0. The first-order valence-electron chi connectivity index (χ1n) is 7.54. The van der Waals surface area contributed by atoms with E-state index in [2.05, 4.69) is 15.5 Å². The molecule has 0 aliphatic rings. The summed E-state index contributed by atoms with van der Waals surface area (Å²) in [6.45, 7) is 2.54. The molecule has 10 heteroatoms. The highest BCUT2D eigenvalue weighted by Crippen LogP contribution is 2.27. The van der Waals surface area contributed by atoms with E-state index < -0.39 is 29.0 Å². The molecule has 0 saturated carbocycles. The van der Waals surface area contributed by atoms with Crippen molar-refractivity contribution >= 4 is 34.7 Å². The second-order valence-electron chi connectivity index (χ2n) is 5.09. The maximum atomic E-state index is 13.6. The minimum Gasteiger partial charge on any atom is -0.323 e. The molecule has 1 amide bonds. The van der Waals surface area contributed by atoms with Gasteiger partial charge < -0.3 is 9.88 Å². The minimum absolute atomic E-state index is 0.0823. The topological polar surface area (TPSA) is 59.8 Å². The van der Waals surface area contributed by atoms with Crippen LogP contribution in [0.25, 0.3) is 10.7 Å². The molecule has 0 saturated heterocycles. The molecule has 0 bridgehead atoms. The monoisotopic (exact) mass is 398 g/mol. The molecule has 3 rings (SSSR count). The highest BCUT2D eigenvalue weighted by Gasteiger charge is 2.17. The number of amides is 1. The Morgan fingerprint density at radius 1 is 1.23 bits per heavy atom. The lowest BCUT2D eigenvalue weighted by Crippen LogP contribution is -2.16. The van der Waals surface area contributed by atoms with E-state index in [9.17, 15) is 18.0 Å². The molecule has 0 fully saturated rings. The van der Waals surface area contributed by atoms with Crippen molar-refractivity contribution in [3.63, 3.8) is 0 Å². The smallest absolute Gasteiger partial charge is 0.234 e. The van der Waals surface area contributed by atoms with Gasteiger partial charge in [0.05, 0.1) is 16.3 Å². The first kappa shape index (κ1) is 18.5. The number of thiophene rings is 1. The molecular weight excluding hydrogens is 385 g/mol. The Balaban J connectivity index is 1.68. The third kappa shape index (κ3) is 3.75. The lowest BCUT2D eigenvalue weighted by molar-refractivity contribution is -0.113. The lowest BCUT2D eigenvalue weighted by Gasteiger charge is -2.08. The first-order valence-corrected chi connectivity index (χ1v) is 9.41. The standard InChI is InChI=1S/C16H13F3N4OS2/c1-2-23-15(11-4-3-7-25-11)21-22-16(23)26-8-12(24)20-10-6-5-9(17)13(18)14(10)19/h3-7H,2,8H2,1H3,(H,20,24). The summed E-state index contributed by atoms with van der Waals surface area (Å²) in [5.74, 6) is -4.31. The molecule has 1 N–H and O–H groups in total. The van der Waals surface area contributed by atoms with Crippen LogP contribution in [-0.2, 0) is 11.3 Å². The average molecular weight is 398 g/mol. The maximum absolute atomic E-state index is 13.6. The zero-order valence-electron chi connectivity index (χ0n) is 13.5. The van der Waals surface area contributed by atoms with Gasteiger partial charge in [0, 0.05) is 6.54 Å². The Morgan fingerprint density at radius 3 is 2.73 bits per heavy atom. The van der Waals surface area contributed by atoms with E-state index in [-0.39, 0.29) is 5.75 Å². The van der Waals surface area contributed by atoms with E-state index in [0.29, 0.717) is 17.5 Å². The summed E-state index contributed by atoms with van der Waals surface area (Å²) < 4.78 is 41.6. The molecule has 2 heterocycles. The maximum Gasteiger partial charge on any atom is 0.234 e. The van der Waals surface area contributed by atoms with Crippen LogP contribution in [0.5, 0.6) is 0 Å². The second kappa shape index (κ2) is 7.92. The van der Waals surface area contributed by atoms with Crippen LogP contribution < -0.4 is 5.32 Å². The molecule has 0 aliphatic carbocycles. The lowest BCUT2D eigenvalue weighted by atomic mass is 10.3. The molecule has 0 unspecified atom stereocenters. The van der Waals surface area contributed by atoms with Crippen LogP contribution in [0.1, 0.15) is 6.92 Å². The van der Waals surface area contributed by atoms with Gasteiger partial charge in [-0.3, -0.25) is 4.79 Å². The first-order chi connectivity index (χ1) is 12.5. The minimum atomic E-state index is -1.62. The second-order valence-corrected chi connectivity index (χ2v) is 6.98. The number of rotatable bonds is 6. The zero-order valence-corrected chi connectivity index (χ0v) is 15.1. The van der Waals surface area contributed by atoms with Gasteiger partial charge in [0.1, 0.15) is 0 Å². The quantitative estimate of drug-likeness (QED) is 0.500. The molecule has 5 nitrogen and oxygen atoms in total. The number of halogens is 3. The van der Waals surface area contributed by atoms with Crippen LogP contribution in [0.15, 0.2) is 34.8 Å². The van der Waals surface area contributed by atoms with Gasteiger partial charge in [-0.05, 0) is 30.5 Å². The third-order valence-corrected chi connectivity index (χ3v) is 5.25. The van der Waals surface area contributed by atoms with Gasteiger partial charge in [0.15, 0.2) is 28.4 Å². The molecule has 26 heavy (non-hydrogen) atoms. The van der Waals surface area contributed by atoms with Crippen molar-refractivity contribution < 1.29 is 18.0 Å². The van der Waals surface area contributed by atoms with E-state index in [0.717, 1.165) is 28.8 Å². The number of hydrogen-bond acceptors (Lipinski definition) is 5. The normalized spacial score (nSPS) is 10.9. The fourth-order valence-corrected chi connectivity index (χ4v) is 3.73. The van der Waals surface area contributed by atoms with Crippen molar-refractivity contribution in [1.82, 2.24) is 14.8 Å². The SMILES string of the molecule is CCn1c(SCC(=O)Nc2ccc(F)c(F)c2F)nnc1-c1cccs1. The molecule has 136 valence electrons. The Bertz CT molecular complexity index is 928. The average Bonchev–Trinajstić information content (AvgIpc) is 3.29. The summed E-state index contributed by atoms with van der Waals surface area (Å²) in [4.78, 5) is 13.0. The predicted octanol–water partition coefficient (Wildman–Crippen LogP) is 4.17. The van der Waals surface area contributed by atoms with Gasteiger partial charge in [-0.2, -0.15) is 0 Å². The van der Waals surface area contributed by atoms with Crippen LogP contribution in [-0.4, -0.2) is 26.4 Å². The van der Waals surface area contributed by atoms with Crippen molar-refractivity contribution in [1.29, 1.82) is 0 Å². The van der Waals surface area contributed by atoms with Crippen molar-refractivity contribution in [2.45, 2.75) is 18.6 Å². The predicted molar refractivity (Wildman–Crippen MR) is 94.7 cm³/mol. The van der Waals surface area contributed by atoms with Crippen LogP contribution in [0.2, 0.25) is 0 Å². The Kier molecular flexibility index (Phi) is 5.62. The fraction of sp³-hybridized carbons (Fsp3) is 0.188. The third-order valence-electron chi connectivity index (χ3n) is 3.42. The number of nitrogens with zero attached hydrogens (tertiary/aromatic N) is 3. The molecule has 3 aromatic rings. The van der Waals surface area contributed by atoms with Crippen LogP contribution >= 0.6 is 23.1 Å². The molecule has 0 radical (unpaired) electrons. The van der Waals surface area contributed by atoms with Crippen molar-refractivity contribution in [2.24, 2.45) is 0 Å². The van der Waals surface area contributed by atoms with Crippen LogP contribution in [0.3, 0.4) is 0 Å². The highest BCUT2D eigenvalue weighted by atomic mass is 32.2. The Labute approximate surface area is 155 Å². The Morgan fingerprint density at radius 2 is 2.04 bits per heavy atom. The van der Waals surface area contributed by atoms with E-state index in [1.54, 1.807) is 0 Å². The van der Waals surface area contributed by atoms with Crippen molar-refractivity contribution in [3.05, 3.63) is 47.1 Å². The molecule has 0 aliphatic heterocycles. The molecule has 0 spiro atoms. The fourth-order valence-electron chi connectivity index (χ4n) is 2.21. The van der Waals surface area contributed by atoms with Gasteiger partial charge in [-0.15, -0.1) is 21.5 Å². The van der Waals surface area contributed by atoms with E-state index in [1.165, 1.54) is 11.3 Å². The summed E-state index contributed by atoms with van der Waals surface area (Å²) in [5, 5.41) is 12.9. The highest BCUT2D eigenvalue weighted by molar-refractivity contribution is 7.99. The van der Waals surface area contributed by atoms with Gasteiger partial charge in [-0.25, -0.2) is 13.2 Å². The van der Waals surface area contributed by atoms with E-state index >= 15 is 0 Å². The van der Waals surface area contributed by atoms with Crippen molar-refractivity contribution in [3.8, 4) is 10.7 Å². The van der Waals surface area contributed by atoms with Gasteiger partial charge in [0.25, 0.3) is 0 Å². The number of carbonyl (C=O) groups excluding carboxylic acids is 1. The van der Waals surface area contributed by atoms with E-state index in [4.69, 9.17) is 0 Å². The van der Waals surface area contributed by atoms with E-state index in [1.807, 2.05) is 29.0 Å². The number of anilines is 1. The van der Waals surface area contributed by atoms with Gasteiger partial charge >= 0.3 is 0 Å². The number of benzene rings is 1.